The lowest BCUT2D eigenvalue weighted by Crippen LogP contribution is -2.18. The molecule has 0 saturated heterocycles. The number of rotatable bonds is 0. The van der Waals surface area contributed by atoms with Crippen LogP contribution in [0.4, 0.5) is 0 Å². The first-order valence-electron chi connectivity index (χ1n) is 7.73. The summed E-state index contributed by atoms with van der Waals surface area (Å²) >= 11 is 0. The Hall–Kier alpha value is -2.89. The SMILES string of the molecule is [C-]#[N+]/C(C#N)=C1\c2ccccc2S(=O)(=O)c2cc(C(C)(C)C)ccc21. The molecule has 5 heteroatoms. The van der Waals surface area contributed by atoms with E-state index in [0.717, 1.165) is 5.56 Å². The van der Waals surface area contributed by atoms with E-state index in [2.05, 4.69) is 4.85 Å². The molecule has 0 N–H and O–H groups in total. The molecule has 0 unspecified atom stereocenters. The normalized spacial score (nSPS) is 16.8. The predicted octanol–water partition coefficient (Wildman–Crippen LogP) is 4.33. The fourth-order valence-corrected chi connectivity index (χ4v) is 4.68. The van der Waals surface area contributed by atoms with Crippen LogP contribution >= 0.6 is 0 Å². The molecule has 0 fully saturated rings. The first-order valence-corrected chi connectivity index (χ1v) is 9.21. The monoisotopic (exact) mass is 348 g/mol. The minimum atomic E-state index is -3.71. The lowest BCUT2D eigenvalue weighted by Gasteiger charge is -2.26. The molecule has 0 spiro atoms. The van der Waals surface area contributed by atoms with Gasteiger partial charge in [-0.05, 0) is 34.2 Å². The highest BCUT2D eigenvalue weighted by molar-refractivity contribution is 7.91. The van der Waals surface area contributed by atoms with Crippen molar-refractivity contribution in [2.45, 2.75) is 36.0 Å². The molecule has 0 atom stereocenters. The lowest BCUT2D eigenvalue weighted by molar-refractivity contribution is 0.582. The Kier molecular flexibility index (Phi) is 3.78. The first-order chi connectivity index (χ1) is 11.7. The lowest BCUT2D eigenvalue weighted by atomic mass is 9.85. The quantitative estimate of drug-likeness (QED) is 0.449. The summed E-state index contributed by atoms with van der Waals surface area (Å²) in [5.41, 5.74) is 1.77. The van der Waals surface area contributed by atoms with Crippen LogP contribution in [-0.4, -0.2) is 8.42 Å². The third-order valence-corrected chi connectivity index (χ3v) is 6.16. The van der Waals surface area contributed by atoms with Gasteiger partial charge in [-0.15, -0.1) is 0 Å². The van der Waals surface area contributed by atoms with E-state index in [4.69, 9.17) is 6.57 Å². The molecule has 2 aromatic rings. The molecule has 4 nitrogen and oxygen atoms in total. The summed E-state index contributed by atoms with van der Waals surface area (Å²) in [5.74, 6) is 0. The molecule has 0 saturated carbocycles. The van der Waals surface area contributed by atoms with Crippen LogP contribution in [0.1, 0.15) is 37.5 Å². The molecule has 0 aliphatic carbocycles. The number of sulfone groups is 1. The van der Waals surface area contributed by atoms with Crippen molar-refractivity contribution < 1.29 is 8.42 Å². The van der Waals surface area contributed by atoms with Crippen molar-refractivity contribution in [3.8, 4) is 6.07 Å². The van der Waals surface area contributed by atoms with E-state index in [1.54, 1.807) is 30.3 Å². The Morgan fingerprint density at radius 3 is 2.32 bits per heavy atom. The maximum atomic E-state index is 13.1. The predicted molar refractivity (Wildman–Crippen MR) is 95.3 cm³/mol. The van der Waals surface area contributed by atoms with E-state index in [-0.39, 0.29) is 20.9 Å². The second-order valence-corrected chi connectivity index (χ2v) is 8.79. The van der Waals surface area contributed by atoms with E-state index in [1.165, 1.54) is 6.07 Å². The topological polar surface area (TPSA) is 62.3 Å². The Bertz CT molecular complexity index is 1090. The van der Waals surface area contributed by atoms with Gasteiger partial charge in [-0.3, -0.25) is 0 Å². The highest BCUT2D eigenvalue weighted by Crippen LogP contribution is 2.44. The zero-order valence-electron chi connectivity index (χ0n) is 14.2. The average Bonchev–Trinajstić information content (AvgIpc) is 2.57. The van der Waals surface area contributed by atoms with Crippen molar-refractivity contribution >= 4 is 15.4 Å². The highest BCUT2D eigenvalue weighted by atomic mass is 32.2. The molecular formula is C20H16N2O2S. The van der Waals surface area contributed by atoms with Gasteiger partial charge in [0, 0.05) is 5.57 Å². The van der Waals surface area contributed by atoms with Gasteiger partial charge in [-0.1, -0.05) is 51.1 Å². The van der Waals surface area contributed by atoms with Crippen LogP contribution in [0.25, 0.3) is 10.4 Å². The second kappa shape index (κ2) is 5.58. The van der Waals surface area contributed by atoms with Crippen LogP contribution in [0.2, 0.25) is 0 Å². The van der Waals surface area contributed by atoms with Crippen molar-refractivity contribution in [3.05, 3.63) is 76.3 Å². The van der Waals surface area contributed by atoms with Crippen molar-refractivity contribution in [1.29, 1.82) is 5.26 Å². The minimum absolute atomic E-state index is 0.105. The van der Waals surface area contributed by atoms with Gasteiger partial charge in [0.2, 0.25) is 9.84 Å². The Morgan fingerprint density at radius 2 is 1.72 bits per heavy atom. The summed E-state index contributed by atoms with van der Waals surface area (Å²) < 4.78 is 26.3. The Labute approximate surface area is 147 Å². The van der Waals surface area contributed by atoms with Gasteiger partial charge < -0.3 is 0 Å². The van der Waals surface area contributed by atoms with Crippen LogP contribution in [0.3, 0.4) is 0 Å². The molecule has 0 bridgehead atoms. The standard InChI is InChI=1S/C20H16N2O2S/c1-20(2,3)13-9-10-15-18(11-13)25(23,24)17-8-6-5-7-14(17)19(15)16(12-21)22-4/h5-11H,1-3H3/b19-16+. The minimum Gasteiger partial charge on any atom is -0.226 e. The molecule has 1 aliphatic rings. The molecule has 3 rings (SSSR count). The van der Waals surface area contributed by atoms with Crippen LogP contribution < -0.4 is 0 Å². The summed E-state index contributed by atoms with van der Waals surface area (Å²) in [7, 11) is -3.71. The summed E-state index contributed by atoms with van der Waals surface area (Å²) in [6, 6.07) is 13.7. The summed E-state index contributed by atoms with van der Waals surface area (Å²) in [5, 5.41) is 9.37. The van der Waals surface area contributed by atoms with Crippen LogP contribution in [0, 0.1) is 17.9 Å². The van der Waals surface area contributed by atoms with Crippen molar-refractivity contribution in [2.24, 2.45) is 0 Å². The third kappa shape index (κ3) is 2.54. The summed E-state index contributed by atoms with van der Waals surface area (Å²) in [6.45, 7) is 13.3. The molecule has 124 valence electrons. The molecular weight excluding hydrogens is 332 g/mol. The molecule has 2 aromatic carbocycles. The van der Waals surface area contributed by atoms with Gasteiger partial charge in [-0.2, -0.15) is 0 Å². The molecule has 0 amide bonds. The zero-order chi connectivity index (χ0) is 18.4. The fourth-order valence-electron chi connectivity index (χ4n) is 2.98. The van der Waals surface area contributed by atoms with Crippen LogP contribution in [0.5, 0.6) is 0 Å². The van der Waals surface area contributed by atoms with Gasteiger partial charge in [0.1, 0.15) is 0 Å². The van der Waals surface area contributed by atoms with Crippen molar-refractivity contribution in [2.75, 3.05) is 0 Å². The third-order valence-electron chi connectivity index (χ3n) is 4.31. The average molecular weight is 348 g/mol. The van der Waals surface area contributed by atoms with Gasteiger partial charge in [0.25, 0.3) is 5.70 Å². The highest BCUT2D eigenvalue weighted by Gasteiger charge is 2.34. The number of allylic oxidation sites excluding steroid dienone is 1. The zero-order valence-corrected chi connectivity index (χ0v) is 15.0. The Balaban J connectivity index is 2.50. The molecule has 1 aliphatic heterocycles. The van der Waals surface area contributed by atoms with E-state index >= 15 is 0 Å². The number of hydrogen-bond acceptors (Lipinski definition) is 3. The number of hydrogen-bond donors (Lipinski definition) is 0. The van der Waals surface area contributed by atoms with Crippen molar-refractivity contribution in [3.63, 3.8) is 0 Å². The van der Waals surface area contributed by atoms with Gasteiger partial charge in [-0.25, -0.2) is 18.5 Å². The Morgan fingerprint density at radius 1 is 1.08 bits per heavy atom. The summed E-state index contributed by atoms with van der Waals surface area (Å²) in [6.07, 6.45) is 0. The van der Waals surface area contributed by atoms with E-state index in [9.17, 15) is 13.7 Å². The first kappa shape index (κ1) is 17.0. The maximum absolute atomic E-state index is 13.1. The largest absolute Gasteiger partial charge is 0.270 e. The fraction of sp³-hybridized carbons (Fsp3) is 0.200. The second-order valence-electron chi connectivity index (χ2n) is 6.91. The van der Waals surface area contributed by atoms with Gasteiger partial charge in [0.05, 0.1) is 22.4 Å². The number of fused-ring (bicyclic) bond motifs is 2. The number of nitrogens with zero attached hydrogens (tertiary/aromatic N) is 2. The number of nitriles is 1. The molecule has 1 heterocycles. The molecule has 25 heavy (non-hydrogen) atoms. The van der Waals surface area contributed by atoms with Gasteiger partial charge in [0.15, 0.2) is 0 Å². The van der Waals surface area contributed by atoms with E-state index in [0.29, 0.717) is 16.7 Å². The maximum Gasteiger partial charge on any atom is 0.270 e. The van der Waals surface area contributed by atoms with E-state index in [1.807, 2.05) is 32.9 Å². The molecule has 0 radical (unpaired) electrons. The van der Waals surface area contributed by atoms with E-state index < -0.39 is 9.84 Å². The van der Waals surface area contributed by atoms with Crippen molar-refractivity contribution in [1.82, 2.24) is 0 Å². The smallest absolute Gasteiger partial charge is 0.226 e. The van der Waals surface area contributed by atoms with Gasteiger partial charge >= 0.3 is 0 Å². The van der Waals surface area contributed by atoms with Crippen LogP contribution in [0.15, 0.2) is 58.0 Å². The number of benzene rings is 2. The summed E-state index contributed by atoms with van der Waals surface area (Å²) in [4.78, 5) is 3.62. The molecule has 0 aromatic heterocycles. The van der Waals surface area contributed by atoms with Crippen LogP contribution in [-0.2, 0) is 15.3 Å².